The zero-order valence-electron chi connectivity index (χ0n) is 17.1. The Morgan fingerprint density at radius 2 is 1.42 bits per heavy atom. The lowest BCUT2D eigenvalue weighted by Gasteiger charge is -2.35. The van der Waals surface area contributed by atoms with Crippen LogP contribution in [0.1, 0.15) is 27.1 Å². The average Bonchev–Trinajstić information content (AvgIpc) is 3.40. The third kappa shape index (κ3) is 3.68. The number of carbonyl (C=O) groups is 2. The molecule has 9 heteroatoms. The van der Waals surface area contributed by atoms with Crippen LogP contribution < -0.4 is 4.90 Å². The number of para-hydroxylation sites is 1. The standard InChI is InChI=1S/C22H23N7O2/c30-20-18-9-4-5-10-19(18)21(31)28(20)12-6-11-26-13-15-27(16-14-26)22-23-24-25-29(22)17-7-2-1-3-8-17/h1-5,7-10H,6,11-16H2. The molecule has 158 valence electrons. The third-order valence-corrected chi connectivity index (χ3v) is 5.84. The highest BCUT2D eigenvalue weighted by molar-refractivity contribution is 6.21. The third-order valence-electron chi connectivity index (χ3n) is 5.84. The van der Waals surface area contributed by atoms with Crippen LogP contribution in [-0.4, -0.2) is 81.1 Å². The Balaban J connectivity index is 1.13. The van der Waals surface area contributed by atoms with E-state index in [1.165, 1.54) is 4.90 Å². The highest BCUT2D eigenvalue weighted by Crippen LogP contribution is 2.22. The second-order valence-corrected chi connectivity index (χ2v) is 7.72. The molecule has 3 aromatic rings. The molecule has 1 fully saturated rings. The van der Waals surface area contributed by atoms with Crippen LogP contribution in [0.2, 0.25) is 0 Å². The lowest BCUT2D eigenvalue weighted by Crippen LogP contribution is -2.48. The number of carbonyl (C=O) groups excluding carboxylic acids is 2. The van der Waals surface area contributed by atoms with Crippen molar-refractivity contribution < 1.29 is 9.59 Å². The van der Waals surface area contributed by atoms with E-state index >= 15 is 0 Å². The molecular weight excluding hydrogens is 394 g/mol. The number of rotatable bonds is 6. The summed E-state index contributed by atoms with van der Waals surface area (Å²) in [6, 6.07) is 16.9. The quantitative estimate of drug-likeness (QED) is 0.561. The second kappa shape index (κ2) is 8.27. The fraction of sp³-hybridized carbons (Fsp3) is 0.318. The Morgan fingerprint density at radius 3 is 2.10 bits per heavy atom. The van der Waals surface area contributed by atoms with Gasteiger partial charge in [-0.05, 0) is 47.7 Å². The van der Waals surface area contributed by atoms with Gasteiger partial charge in [-0.15, -0.1) is 0 Å². The van der Waals surface area contributed by atoms with Crippen molar-refractivity contribution in [3.63, 3.8) is 0 Å². The topological polar surface area (TPSA) is 87.5 Å². The van der Waals surface area contributed by atoms with Crippen molar-refractivity contribution in [1.29, 1.82) is 0 Å². The maximum Gasteiger partial charge on any atom is 0.261 e. The molecule has 2 aliphatic heterocycles. The van der Waals surface area contributed by atoms with Gasteiger partial charge in [-0.2, -0.15) is 4.68 Å². The summed E-state index contributed by atoms with van der Waals surface area (Å²) in [5.74, 6) is 0.383. The fourth-order valence-electron chi connectivity index (χ4n) is 4.18. The number of benzene rings is 2. The first kappa shape index (κ1) is 19.4. The number of tetrazole rings is 1. The molecule has 9 nitrogen and oxygen atoms in total. The van der Waals surface area contributed by atoms with Crippen molar-refractivity contribution in [1.82, 2.24) is 30.0 Å². The van der Waals surface area contributed by atoms with Crippen molar-refractivity contribution >= 4 is 17.8 Å². The molecule has 0 atom stereocenters. The first-order valence-corrected chi connectivity index (χ1v) is 10.5. The van der Waals surface area contributed by atoms with Crippen LogP contribution in [0.15, 0.2) is 54.6 Å². The average molecular weight is 417 g/mol. The van der Waals surface area contributed by atoms with Crippen molar-refractivity contribution in [2.45, 2.75) is 6.42 Å². The maximum atomic E-state index is 12.5. The van der Waals surface area contributed by atoms with Crippen molar-refractivity contribution in [3.05, 3.63) is 65.7 Å². The van der Waals surface area contributed by atoms with E-state index < -0.39 is 0 Å². The number of anilines is 1. The Bertz CT molecular complexity index is 1060. The van der Waals surface area contributed by atoms with Gasteiger partial charge in [0, 0.05) is 32.7 Å². The SMILES string of the molecule is O=C1c2ccccc2C(=O)N1CCCN1CCN(c2nnnn2-c2ccccc2)CC1. The molecule has 2 amide bonds. The van der Waals surface area contributed by atoms with Crippen molar-refractivity contribution in [2.24, 2.45) is 0 Å². The molecule has 5 rings (SSSR count). The summed E-state index contributed by atoms with van der Waals surface area (Å²) in [6.45, 7) is 4.68. The van der Waals surface area contributed by atoms with Crippen LogP contribution in [0, 0.1) is 0 Å². The number of amides is 2. The zero-order valence-corrected chi connectivity index (χ0v) is 17.1. The number of aromatic nitrogens is 4. The number of hydrogen-bond acceptors (Lipinski definition) is 7. The molecule has 2 aliphatic rings. The van der Waals surface area contributed by atoms with E-state index in [2.05, 4.69) is 25.3 Å². The maximum absolute atomic E-state index is 12.5. The lowest BCUT2D eigenvalue weighted by atomic mass is 10.1. The molecule has 0 N–H and O–H groups in total. The largest absolute Gasteiger partial charge is 0.337 e. The predicted octanol–water partition coefficient (Wildman–Crippen LogP) is 1.47. The van der Waals surface area contributed by atoms with Crippen LogP contribution >= 0.6 is 0 Å². The zero-order chi connectivity index (χ0) is 21.2. The van der Waals surface area contributed by atoms with E-state index in [4.69, 9.17) is 0 Å². The minimum Gasteiger partial charge on any atom is -0.337 e. The summed E-state index contributed by atoms with van der Waals surface area (Å²) in [6.07, 6.45) is 0.757. The van der Waals surface area contributed by atoms with Crippen LogP contribution in [-0.2, 0) is 0 Å². The monoisotopic (exact) mass is 417 g/mol. The van der Waals surface area contributed by atoms with Crippen molar-refractivity contribution in [2.75, 3.05) is 44.2 Å². The molecule has 0 radical (unpaired) electrons. The summed E-state index contributed by atoms with van der Waals surface area (Å²) in [7, 11) is 0. The molecule has 0 spiro atoms. The molecule has 2 aromatic carbocycles. The molecule has 0 aliphatic carbocycles. The number of fused-ring (bicyclic) bond motifs is 1. The number of imide groups is 1. The van der Waals surface area contributed by atoms with Gasteiger partial charge >= 0.3 is 0 Å². The summed E-state index contributed by atoms with van der Waals surface area (Å²) in [5, 5.41) is 12.2. The van der Waals surface area contributed by atoms with E-state index in [1.807, 2.05) is 30.3 Å². The van der Waals surface area contributed by atoms with E-state index in [-0.39, 0.29) is 11.8 Å². The van der Waals surface area contributed by atoms with Crippen LogP contribution in [0.4, 0.5) is 5.95 Å². The predicted molar refractivity (Wildman–Crippen MR) is 114 cm³/mol. The van der Waals surface area contributed by atoms with Gasteiger partial charge in [0.15, 0.2) is 0 Å². The highest BCUT2D eigenvalue weighted by Gasteiger charge is 2.34. The van der Waals surface area contributed by atoms with Crippen molar-refractivity contribution in [3.8, 4) is 5.69 Å². The smallest absolute Gasteiger partial charge is 0.261 e. The van der Waals surface area contributed by atoms with E-state index in [9.17, 15) is 9.59 Å². The Kier molecular flexibility index (Phi) is 5.17. The molecule has 31 heavy (non-hydrogen) atoms. The molecule has 1 aromatic heterocycles. The van der Waals surface area contributed by atoms with Gasteiger partial charge in [0.05, 0.1) is 16.8 Å². The normalized spacial score (nSPS) is 16.8. The number of hydrogen-bond donors (Lipinski definition) is 0. The number of piperazine rings is 1. The Hall–Kier alpha value is -3.59. The first-order valence-electron chi connectivity index (χ1n) is 10.5. The lowest BCUT2D eigenvalue weighted by molar-refractivity contribution is 0.0647. The summed E-state index contributed by atoms with van der Waals surface area (Å²) < 4.78 is 1.76. The Morgan fingerprint density at radius 1 is 0.774 bits per heavy atom. The molecular formula is C22H23N7O2. The van der Waals surface area contributed by atoms with E-state index in [0.29, 0.717) is 17.7 Å². The minimum atomic E-state index is -0.182. The molecule has 0 saturated carbocycles. The number of nitrogens with zero attached hydrogens (tertiary/aromatic N) is 7. The molecule has 1 saturated heterocycles. The minimum absolute atomic E-state index is 0.182. The summed E-state index contributed by atoms with van der Waals surface area (Å²) in [5.41, 5.74) is 1.96. The van der Waals surface area contributed by atoms with Gasteiger partial charge < -0.3 is 4.90 Å². The van der Waals surface area contributed by atoms with Gasteiger partial charge in [-0.3, -0.25) is 19.4 Å². The fourth-order valence-corrected chi connectivity index (χ4v) is 4.18. The highest BCUT2D eigenvalue weighted by atomic mass is 16.2. The molecule has 0 unspecified atom stereocenters. The molecule has 0 bridgehead atoms. The Labute approximate surface area is 179 Å². The van der Waals surface area contributed by atoms with Crippen LogP contribution in [0.5, 0.6) is 0 Å². The van der Waals surface area contributed by atoms with Gasteiger partial charge in [0.25, 0.3) is 11.8 Å². The van der Waals surface area contributed by atoms with Gasteiger partial charge in [0.2, 0.25) is 5.95 Å². The van der Waals surface area contributed by atoms with Gasteiger partial charge in [-0.1, -0.05) is 35.4 Å². The summed E-state index contributed by atoms with van der Waals surface area (Å²) in [4.78, 5) is 30.9. The first-order chi connectivity index (χ1) is 15.2. The van der Waals surface area contributed by atoms with Gasteiger partial charge in [-0.25, -0.2) is 0 Å². The van der Waals surface area contributed by atoms with Crippen LogP contribution in [0.3, 0.4) is 0 Å². The van der Waals surface area contributed by atoms with E-state index in [1.54, 1.807) is 28.9 Å². The molecule has 3 heterocycles. The second-order valence-electron chi connectivity index (χ2n) is 7.72. The van der Waals surface area contributed by atoms with Gasteiger partial charge in [0.1, 0.15) is 0 Å². The summed E-state index contributed by atoms with van der Waals surface area (Å²) >= 11 is 0. The van der Waals surface area contributed by atoms with E-state index in [0.717, 1.165) is 50.8 Å². The van der Waals surface area contributed by atoms with Crippen LogP contribution in [0.25, 0.3) is 5.69 Å².